The number of nitrogens with zero attached hydrogens (tertiary/aromatic N) is 1. The van der Waals surface area contributed by atoms with Crippen molar-refractivity contribution in [3.05, 3.63) is 39.4 Å². The fourth-order valence-corrected chi connectivity index (χ4v) is 5.61. The van der Waals surface area contributed by atoms with Crippen molar-refractivity contribution < 1.29 is 14.6 Å². The van der Waals surface area contributed by atoms with Crippen molar-refractivity contribution in [3.63, 3.8) is 0 Å². The number of ether oxygens (including phenoxy) is 1. The Kier molecular flexibility index (Phi) is 6.05. The van der Waals surface area contributed by atoms with Gasteiger partial charge in [0, 0.05) is 12.3 Å². The molecule has 2 aliphatic carbocycles. The van der Waals surface area contributed by atoms with Crippen LogP contribution in [-0.2, 0) is 11.2 Å². The number of carboxylic acid groups (broad SMARTS) is 1. The van der Waals surface area contributed by atoms with E-state index in [1.807, 2.05) is 6.07 Å². The minimum absolute atomic E-state index is 0.174. The maximum atomic E-state index is 12.0. The molecule has 0 heterocycles. The second-order valence-electron chi connectivity index (χ2n) is 8.25. The minimum Gasteiger partial charge on any atom is -0.477 e. The first kappa shape index (κ1) is 21.5. The molecule has 28 heavy (non-hydrogen) atoms. The average molecular weight is 426 g/mol. The third-order valence-corrected chi connectivity index (χ3v) is 7.37. The molecule has 1 N–H and O–H groups in total. The predicted molar refractivity (Wildman–Crippen MR) is 114 cm³/mol. The Morgan fingerprint density at radius 3 is 2.64 bits per heavy atom. The standard InChI is InChI=1S/C22H29Cl2NO3/c1-5-10-21-11-8-7-9-15(21)17-14(13-21)12-16(18(23)19(17)24)28-22(6-2,20(26)27)25(3)4/h7,9,12,15H,5-6,8,10-11,13H2,1-4H3,(H,26,27). The van der Waals surface area contributed by atoms with E-state index in [0.29, 0.717) is 15.8 Å². The third-order valence-electron chi connectivity index (χ3n) is 6.51. The van der Waals surface area contributed by atoms with Crippen molar-refractivity contribution in [3.8, 4) is 5.75 Å². The van der Waals surface area contributed by atoms with E-state index >= 15 is 0 Å². The molecule has 154 valence electrons. The molecule has 3 atom stereocenters. The Labute approximate surface area is 177 Å². The third kappa shape index (κ3) is 3.24. The predicted octanol–water partition coefficient (Wildman–Crippen LogP) is 5.90. The van der Waals surface area contributed by atoms with E-state index in [2.05, 4.69) is 19.1 Å². The van der Waals surface area contributed by atoms with Gasteiger partial charge in [0.2, 0.25) is 0 Å². The van der Waals surface area contributed by atoms with Crippen LogP contribution in [-0.4, -0.2) is 35.8 Å². The number of rotatable bonds is 7. The summed E-state index contributed by atoms with van der Waals surface area (Å²) in [7, 11) is 3.38. The molecule has 4 nitrogen and oxygen atoms in total. The van der Waals surface area contributed by atoms with Gasteiger partial charge in [0.05, 0.1) is 5.02 Å². The Morgan fingerprint density at radius 1 is 1.36 bits per heavy atom. The summed E-state index contributed by atoms with van der Waals surface area (Å²) in [5.74, 6) is -0.441. The number of allylic oxidation sites excluding steroid dienone is 2. The maximum absolute atomic E-state index is 12.0. The first-order valence-electron chi connectivity index (χ1n) is 9.99. The number of carboxylic acids is 1. The van der Waals surface area contributed by atoms with E-state index in [0.717, 1.165) is 43.2 Å². The van der Waals surface area contributed by atoms with Crippen molar-refractivity contribution in [1.29, 1.82) is 0 Å². The highest BCUT2D eigenvalue weighted by molar-refractivity contribution is 6.43. The van der Waals surface area contributed by atoms with Gasteiger partial charge >= 0.3 is 5.97 Å². The van der Waals surface area contributed by atoms with Crippen LogP contribution in [0.4, 0.5) is 0 Å². The summed E-state index contributed by atoms with van der Waals surface area (Å²) in [5.41, 5.74) is 0.899. The fraction of sp³-hybridized carbons (Fsp3) is 0.591. The summed E-state index contributed by atoms with van der Waals surface area (Å²) in [6.45, 7) is 4.00. The molecule has 0 amide bonds. The zero-order valence-corrected chi connectivity index (χ0v) is 18.5. The van der Waals surface area contributed by atoms with E-state index in [9.17, 15) is 9.90 Å². The molecule has 0 spiro atoms. The Morgan fingerprint density at radius 2 is 2.07 bits per heavy atom. The topological polar surface area (TPSA) is 49.8 Å². The van der Waals surface area contributed by atoms with E-state index in [4.69, 9.17) is 27.9 Å². The van der Waals surface area contributed by atoms with Gasteiger partial charge in [-0.2, -0.15) is 0 Å². The zero-order chi connectivity index (χ0) is 20.7. The van der Waals surface area contributed by atoms with Crippen LogP contribution in [0.25, 0.3) is 0 Å². The van der Waals surface area contributed by atoms with Gasteiger partial charge in [-0.3, -0.25) is 4.90 Å². The van der Waals surface area contributed by atoms with Gasteiger partial charge in [-0.05, 0) is 62.4 Å². The number of halogens is 2. The second kappa shape index (κ2) is 7.89. The number of hydrogen-bond acceptors (Lipinski definition) is 3. The van der Waals surface area contributed by atoms with Crippen molar-refractivity contribution in [2.24, 2.45) is 5.41 Å². The van der Waals surface area contributed by atoms with Gasteiger partial charge in [0.1, 0.15) is 10.8 Å². The highest BCUT2D eigenvalue weighted by Crippen LogP contribution is 2.59. The largest absolute Gasteiger partial charge is 0.477 e. The molecule has 0 aliphatic heterocycles. The van der Waals surface area contributed by atoms with Gasteiger partial charge in [-0.25, -0.2) is 4.79 Å². The Balaban J connectivity index is 2.09. The number of likely N-dealkylation sites (N-methyl/N-ethyl adjacent to an activating group) is 1. The lowest BCUT2D eigenvalue weighted by molar-refractivity contribution is -0.172. The molecule has 0 saturated carbocycles. The monoisotopic (exact) mass is 425 g/mol. The van der Waals surface area contributed by atoms with Crippen LogP contribution in [0.15, 0.2) is 18.2 Å². The molecular formula is C22H29Cl2NO3. The first-order valence-corrected chi connectivity index (χ1v) is 10.7. The molecule has 0 saturated heterocycles. The molecule has 0 fully saturated rings. The summed E-state index contributed by atoms with van der Waals surface area (Å²) in [6, 6.07) is 1.92. The van der Waals surface area contributed by atoms with E-state index < -0.39 is 11.7 Å². The van der Waals surface area contributed by atoms with Crippen molar-refractivity contribution in [1.82, 2.24) is 4.90 Å². The van der Waals surface area contributed by atoms with Crippen LogP contribution in [0, 0.1) is 5.41 Å². The fourth-order valence-electron chi connectivity index (χ4n) is 5.08. The lowest BCUT2D eigenvalue weighted by atomic mass is 9.67. The number of fused-ring (bicyclic) bond motifs is 3. The van der Waals surface area contributed by atoms with E-state index in [1.165, 1.54) is 0 Å². The summed E-state index contributed by atoms with van der Waals surface area (Å²) in [6.07, 6.45) is 10.2. The molecule has 3 unspecified atom stereocenters. The van der Waals surface area contributed by atoms with Crippen molar-refractivity contribution in [2.45, 2.75) is 64.0 Å². The van der Waals surface area contributed by atoms with Crippen LogP contribution in [0.1, 0.15) is 63.0 Å². The van der Waals surface area contributed by atoms with Crippen molar-refractivity contribution in [2.75, 3.05) is 14.1 Å². The summed E-state index contributed by atoms with van der Waals surface area (Å²) >= 11 is 13.4. The van der Waals surface area contributed by atoms with Crippen molar-refractivity contribution >= 4 is 29.2 Å². The van der Waals surface area contributed by atoms with Crippen LogP contribution in [0.2, 0.25) is 10.0 Å². The average Bonchev–Trinajstić information content (AvgIpc) is 2.97. The molecule has 0 aromatic heterocycles. The smallest absolute Gasteiger partial charge is 0.364 e. The summed E-state index contributed by atoms with van der Waals surface area (Å²) in [4.78, 5) is 13.6. The molecular weight excluding hydrogens is 397 g/mol. The Hall–Kier alpha value is -1.23. The molecule has 3 rings (SSSR count). The minimum atomic E-state index is -1.49. The number of hydrogen-bond donors (Lipinski definition) is 1. The molecule has 0 radical (unpaired) electrons. The van der Waals surface area contributed by atoms with Gasteiger partial charge in [-0.1, -0.05) is 55.6 Å². The Bertz CT molecular complexity index is 807. The quantitative estimate of drug-likeness (QED) is 0.436. The molecule has 0 bridgehead atoms. The molecule has 1 aromatic carbocycles. The molecule has 1 aromatic rings. The van der Waals surface area contributed by atoms with E-state index in [-0.39, 0.29) is 17.8 Å². The number of carbonyl (C=O) groups is 1. The molecule has 6 heteroatoms. The lowest BCUT2D eigenvalue weighted by Crippen LogP contribution is -2.55. The lowest BCUT2D eigenvalue weighted by Gasteiger charge is -2.37. The highest BCUT2D eigenvalue weighted by Gasteiger charge is 2.48. The zero-order valence-electron chi connectivity index (χ0n) is 17.0. The number of aliphatic carboxylic acids is 1. The highest BCUT2D eigenvalue weighted by atomic mass is 35.5. The molecule has 2 aliphatic rings. The number of benzene rings is 1. The van der Waals surface area contributed by atoms with Gasteiger partial charge in [0.15, 0.2) is 0 Å². The SMILES string of the molecule is CCCC12CCC=CC1c1c(cc(OC(CC)(C(=O)O)N(C)C)c(Cl)c1Cl)C2. The second-order valence-corrected chi connectivity index (χ2v) is 9.00. The van der Waals surface area contributed by atoms with Gasteiger partial charge in [-0.15, -0.1) is 0 Å². The first-order chi connectivity index (χ1) is 13.2. The normalized spacial score (nSPS) is 25.3. The summed E-state index contributed by atoms with van der Waals surface area (Å²) < 4.78 is 6.05. The van der Waals surface area contributed by atoms with E-state index in [1.54, 1.807) is 25.9 Å². The van der Waals surface area contributed by atoms with Gasteiger partial charge < -0.3 is 9.84 Å². The van der Waals surface area contributed by atoms with Crippen LogP contribution in [0.3, 0.4) is 0 Å². The summed E-state index contributed by atoms with van der Waals surface area (Å²) in [5, 5.41) is 10.6. The van der Waals surface area contributed by atoms with Gasteiger partial charge in [0.25, 0.3) is 5.72 Å². The van der Waals surface area contributed by atoms with Crippen LogP contribution < -0.4 is 4.74 Å². The van der Waals surface area contributed by atoms with Crippen LogP contribution >= 0.6 is 23.2 Å². The van der Waals surface area contributed by atoms with Crippen LogP contribution in [0.5, 0.6) is 5.75 Å². The maximum Gasteiger partial charge on any atom is 0.364 e.